The van der Waals surface area contributed by atoms with E-state index in [9.17, 15) is 4.79 Å². The van der Waals surface area contributed by atoms with Crippen molar-refractivity contribution in [3.63, 3.8) is 0 Å². The first-order chi connectivity index (χ1) is 12.0. The quantitative estimate of drug-likeness (QED) is 0.766. The number of urea groups is 1. The molecule has 0 saturated carbocycles. The van der Waals surface area contributed by atoms with Gasteiger partial charge in [-0.1, -0.05) is 19.1 Å². The van der Waals surface area contributed by atoms with Gasteiger partial charge in [-0.05, 0) is 43.2 Å². The topological polar surface area (TPSA) is 71.8 Å². The number of nitrogens with one attached hydrogen (secondary N) is 2. The summed E-state index contributed by atoms with van der Waals surface area (Å²) in [6, 6.07) is 9.67. The molecule has 130 valence electrons. The molecule has 25 heavy (non-hydrogen) atoms. The zero-order valence-corrected chi connectivity index (χ0v) is 15.1. The Labute approximate surface area is 147 Å². The van der Waals surface area contributed by atoms with Crippen molar-refractivity contribution in [3.05, 3.63) is 53.0 Å². The number of carbonyl (C=O) groups excluding carboxylic acids is 1. The van der Waals surface area contributed by atoms with Crippen molar-refractivity contribution in [1.29, 1.82) is 0 Å². The average Bonchev–Trinajstić information content (AvgIpc) is 2.94. The fourth-order valence-electron chi connectivity index (χ4n) is 2.95. The third kappa shape index (κ3) is 3.47. The van der Waals surface area contributed by atoms with Crippen LogP contribution in [0.3, 0.4) is 0 Å². The maximum absolute atomic E-state index is 11.4. The molecule has 3 rings (SSSR count). The fraction of sp³-hybridized carbons (Fsp3) is 0.316. The number of benzene rings is 1. The van der Waals surface area contributed by atoms with E-state index in [-0.39, 0.29) is 6.03 Å². The van der Waals surface area contributed by atoms with Gasteiger partial charge in [-0.3, -0.25) is 0 Å². The fourth-order valence-corrected chi connectivity index (χ4v) is 2.95. The van der Waals surface area contributed by atoms with Gasteiger partial charge in [0.15, 0.2) is 5.65 Å². The highest BCUT2D eigenvalue weighted by Gasteiger charge is 2.13. The van der Waals surface area contributed by atoms with E-state index in [2.05, 4.69) is 35.1 Å². The maximum Gasteiger partial charge on any atom is 0.318 e. The number of pyridine rings is 1. The van der Waals surface area contributed by atoms with Crippen LogP contribution >= 0.6 is 0 Å². The van der Waals surface area contributed by atoms with E-state index in [4.69, 9.17) is 9.97 Å². The lowest BCUT2D eigenvalue weighted by Gasteiger charge is -2.10. The van der Waals surface area contributed by atoms with E-state index in [0.29, 0.717) is 6.54 Å². The number of hydrogen-bond acceptors (Lipinski definition) is 3. The Bertz CT molecular complexity index is 912. The smallest absolute Gasteiger partial charge is 0.318 e. The van der Waals surface area contributed by atoms with Crippen LogP contribution in [0, 0.1) is 13.8 Å². The van der Waals surface area contributed by atoms with Crippen molar-refractivity contribution in [2.45, 2.75) is 33.7 Å². The molecule has 6 heteroatoms. The lowest BCUT2D eigenvalue weighted by Crippen LogP contribution is -2.24. The number of aromatic nitrogens is 3. The molecule has 2 N–H and O–H groups in total. The number of hydrogen-bond donors (Lipinski definition) is 2. The lowest BCUT2D eigenvalue weighted by molar-refractivity contribution is 0.254. The molecule has 6 nitrogen and oxygen atoms in total. The van der Waals surface area contributed by atoms with E-state index in [1.54, 1.807) is 7.05 Å². The Morgan fingerprint density at radius 3 is 2.52 bits per heavy atom. The second-order valence-electron chi connectivity index (χ2n) is 6.12. The number of anilines is 1. The lowest BCUT2D eigenvalue weighted by atomic mass is 10.2. The molecule has 0 fully saturated rings. The zero-order chi connectivity index (χ0) is 18.0. The van der Waals surface area contributed by atoms with Gasteiger partial charge in [0.05, 0.1) is 6.54 Å². The SMILES string of the molecule is CCc1nc2c(C)cc(C)nc2n1Cc1ccc(NC(=O)NC)cc1. The molecule has 2 aromatic heterocycles. The standard InChI is InChI=1S/C19H23N5O/c1-5-16-23-17-12(2)10-13(3)21-18(17)24(16)11-14-6-8-15(9-7-14)22-19(25)20-4/h6-10H,5,11H2,1-4H3,(H2,20,22,25). The summed E-state index contributed by atoms with van der Waals surface area (Å²) in [5.41, 5.74) is 5.96. The van der Waals surface area contributed by atoms with Crippen molar-refractivity contribution < 1.29 is 4.79 Å². The molecule has 0 saturated heterocycles. The summed E-state index contributed by atoms with van der Waals surface area (Å²) in [7, 11) is 1.59. The van der Waals surface area contributed by atoms with Gasteiger partial charge in [0.25, 0.3) is 0 Å². The van der Waals surface area contributed by atoms with E-state index in [1.165, 1.54) is 0 Å². The van der Waals surface area contributed by atoms with E-state index in [0.717, 1.165) is 45.9 Å². The Morgan fingerprint density at radius 1 is 1.16 bits per heavy atom. The molecule has 0 radical (unpaired) electrons. The summed E-state index contributed by atoms with van der Waals surface area (Å²) >= 11 is 0. The summed E-state index contributed by atoms with van der Waals surface area (Å²) < 4.78 is 2.18. The molecule has 0 aliphatic heterocycles. The normalized spacial score (nSPS) is 10.9. The molecule has 0 aliphatic carbocycles. The Hall–Kier alpha value is -2.89. The minimum absolute atomic E-state index is 0.225. The predicted octanol–water partition coefficient (Wildman–Crippen LogP) is 3.41. The zero-order valence-electron chi connectivity index (χ0n) is 15.1. The predicted molar refractivity (Wildman–Crippen MR) is 100 cm³/mol. The van der Waals surface area contributed by atoms with Crippen LogP contribution in [0.1, 0.15) is 29.6 Å². The number of amides is 2. The van der Waals surface area contributed by atoms with Crippen LogP contribution in [0.15, 0.2) is 30.3 Å². The van der Waals surface area contributed by atoms with Crippen LogP contribution in [0.4, 0.5) is 10.5 Å². The molecule has 2 heterocycles. The van der Waals surface area contributed by atoms with Gasteiger partial charge >= 0.3 is 6.03 Å². The highest BCUT2D eigenvalue weighted by molar-refractivity contribution is 5.88. The summed E-state index contributed by atoms with van der Waals surface area (Å²) in [4.78, 5) is 20.8. The van der Waals surface area contributed by atoms with Crippen LogP contribution < -0.4 is 10.6 Å². The van der Waals surface area contributed by atoms with Crippen molar-refractivity contribution in [3.8, 4) is 0 Å². The molecule has 1 aromatic carbocycles. The van der Waals surface area contributed by atoms with E-state index in [1.807, 2.05) is 31.2 Å². The highest BCUT2D eigenvalue weighted by atomic mass is 16.2. The van der Waals surface area contributed by atoms with E-state index >= 15 is 0 Å². The number of carbonyl (C=O) groups is 1. The maximum atomic E-state index is 11.4. The second kappa shape index (κ2) is 6.93. The number of imidazole rings is 1. The largest absolute Gasteiger partial charge is 0.341 e. The Balaban J connectivity index is 1.93. The Kier molecular flexibility index (Phi) is 4.70. The number of nitrogens with zero attached hydrogens (tertiary/aromatic N) is 3. The summed E-state index contributed by atoms with van der Waals surface area (Å²) in [6.07, 6.45) is 0.852. The van der Waals surface area contributed by atoms with Gasteiger partial charge < -0.3 is 15.2 Å². The molecule has 0 atom stereocenters. The molecule has 0 aliphatic rings. The number of fused-ring (bicyclic) bond motifs is 1. The summed E-state index contributed by atoms with van der Waals surface area (Å²) in [5, 5.41) is 5.30. The molecule has 0 unspecified atom stereocenters. The van der Waals surface area contributed by atoms with Crippen LogP contribution in [-0.2, 0) is 13.0 Å². The highest BCUT2D eigenvalue weighted by Crippen LogP contribution is 2.21. The molecule has 0 spiro atoms. The number of aryl methyl sites for hydroxylation is 3. The first-order valence-electron chi connectivity index (χ1n) is 8.42. The molecule has 3 aromatic rings. The van der Waals surface area contributed by atoms with Crippen LogP contribution in [0.5, 0.6) is 0 Å². The number of rotatable bonds is 4. The average molecular weight is 337 g/mol. The molecular weight excluding hydrogens is 314 g/mol. The van der Waals surface area contributed by atoms with Gasteiger partial charge in [-0.2, -0.15) is 0 Å². The van der Waals surface area contributed by atoms with Crippen LogP contribution in [-0.4, -0.2) is 27.6 Å². The van der Waals surface area contributed by atoms with Crippen molar-refractivity contribution in [1.82, 2.24) is 19.9 Å². The summed E-state index contributed by atoms with van der Waals surface area (Å²) in [6.45, 7) is 6.90. The van der Waals surface area contributed by atoms with Gasteiger partial charge in [0.2, 0.25) is 0 Å². The third-order valence-electron chi connectivity index (χ3n) is 4.20. The van der Waals surface area contributed by atoms with Gasteiger partial charge in [-0.25, -0.2) is 14.8 Å². The molecular formula is C19H23N5O. The second-order valence-corrected chi connectivity index (χ2v) is 6.12. The molecule has 2 amide bonds. The van der Waals surface area contributed by atoms with E-state index < -0.39 is 0 Å². The molecule has 0 bridgehead atoms. The van der Waals surface area contributed by atoms with Crippen molar-refractivity contribution in [2.24, 2.45) is 0 Å². The van der Waals surface area contributed by atoms with Gasteiger partial charge in [-0.15, -0.1) is 0 Å². The van der Waals surface area contributed by atoms with Crippen molar-refractivity contribution >= 4 is 22.9 Å². The minimum Gasteiger partial charge on any atom is -0.341 e. The first-order valence-corrected chi connectivity index (χ1v) is 8.42. The van der Waals surface area contributed by atoms with Crippen LogP contribution in [0.25, 0.3) is 11.2 Å². The van der Waals surface area contributed by atoms with Crippen molar-refractivity contribution in [2.75, 3.05) is 12.4 Å². The van der Waals surface area contributed by atoms with Gasteiger partial charge in [0, 0.05) is 24.8 Å². The minimum atomic E-state index is -0.225. The first kappa shape index (κ1) is 17.0. The van der Waals surface area contributed by atoms with Gasteiger partial charge in [0.1, 0.15) is 11.3 Å². The third-order valence-corrected chi connectivity index (χ3v) is 4.20. The monoisotopic (exact) mass is 337 g/mol. The summed E-state index contributed by atoms with van der Waals surface area (Å²) in [5.74, 6) is 1.03. The van der Waals surface area contributed by atoms with Crippen LogP contribution in [0.2, 0.25) is 0 Å². The Morgan fingerprint density at radius 2 is 1.88 bits per heavy atom.